The Hall–Kier alpha value is -6.37. The van der Waals surface area contributed by atoms with Crippen molar-refractivity contribution >= 4 is 28.8 Å². The van der Waals surface area contributed by atoms with Gasteiger partial charge in [0.15, 0.2) is 0 Å². The third-order valence-electron chi connectivity index (χ3n) is 10.2. The number of imidazole rings is 1. The largest absolute Gasteiger partial charge is 0.465 e. The molecule has 0 aliphatic rings. The lowest BCUT2D eigenvalue weighted by Gasteiger charge is -2.20. The zero-order chi connectivity index (χ0) is 41.4. The van der Waals surface area contributed by atoms with E-state index < -0.39 is 6.10 Å². The van der Waals surface area contributed by atoms with Gasteiger partial charge in [-0.2, -0.15) is 10.2 Å². The molecule has 0 spiro atoms. The van der Waals surface area contributed by atoms with E-state index in [1.165, 1.54) is 6.92 Å². The first kappa shape index (κ1) is 42.2. The maximum absolute atomic E-state index is 13.4. The summed E-state index contributed by atoms with van der Waals surface area (Å²) in [6, 6.07) is 29.8. The lowest BCUT2D eigenvalue weighted by molar-refractivity contribution is -0.147. The number of H-pyrrole nitrogens is 1. The fourth-order valence-electron chi connectivity index (χ4n) is 7.28. The Bertz CT molecular complexity index is 2290. The summed E-state index contributed by atoms with van der Waals surface area (Å²) in [7, 11) is 0. The van der Waals surface area contributed by atoms with E-state index in [0.29, 0.717) is 61.1 Å². The molecule has 13 heteroatoms. The molecule has 0 aliphatic heterocycles. The van der Waals surface area contributed by atoms with Crippen molar-refractivity contribution in [3.05, 3.63) is 113 Å². The lowest BCUT2D eigenvalue weighted by Crippen LogP contribution is -2.26. The molecule has 0 saturated carbocycles. The summed E-state index contributed by atoms with van der Waals surface area (Å²) < 4.78 is 13.6. The van der Waals surface area contributed by atoms with Crippen LogP contribution in [-0.4, -0.2) is 67.7 Å². The number of hydrogen-bond acceptors (Lipinski definition) is 9. The van der Waals surface area contributed by atoms with Crippen molar-refractivity contribution in [2.24, 2.45) is 0 Å². The number of aromatic amines is 1. The minimum Gasteiger partial charge on any atom is -0.465 e. The molecule has 6 aromatic rings. The molecule has 0 fully saturated rings. The molecule has 3 N–H and O–H groups in total. The number of tetrazole rings is 1. The molecular weight excluding hydrogens is 745 g/mol. The molecule has 0 bridgehead atoms. The summed E-state index contributed by atoms with van der Waals surface area (Å²) in [6.45, 7) is 7.52. The molecule has 0 aliphatic carbocycles. The standard InChI is InChI=1S/C46H54N8O5/c1-4-6-24-41(59-32(3)55)36-19-12-14-21-38(36)44(56)47-29-15-9-7-8-10-16-30-48-45(57)39-22-17-23-40-42(39)49-46(58-5-2)54(40)31-33-25-27-34(28-26-33)35-18-11-13-20-37(35)43-50-52-53-51-43/h11-14,17-23,25-28,41H,4-10,15-16,24,29-31H2,1-3H3,(H,47,56)(H,48,57)(H,50,51,52,53). The smallest absolute Gasteiger partial charge is 0.303 e. The number of benzene rings is 4. The van der Waals surface area contributed by atoms with Crippen LogP contribution in [-0.2, 0) is 16.1 Å². The van der Waals surface area contributed by atoms with E-state index >= 15 is 0 Å². The van der Waals surface area contributed by atoms with Gasteiger partial charge >= 0.3 is 5.97 Å². The number of nitrogens with zero attached hydrogens (tertiary/aromatic N) is 5. The van der Waals surface area contributed by atoms with E-state index in [1.54, 1.807) is 6.07 Å². The number of carbonyl (C=O) groups is 3. The van der Waals surface area contributed by atoms with Crippen LogP contribution < -0.4 is 15.4 Å². The van der Waals surface area contributed by atoms with E-state index in [-0.39, 0.29) is 17.8 Å². The summed E-state index contributed by atoms with van der Waals surface area (Å²) in [4.78, 5) is 43.0. The van der Waals surface area contributed by atoms with Gasteiger partial charge in [0.25, 0.3) is 17.8 Å². The molecule has 308 valence electrons. The van der Waals surface area contributed by atoms with Gasteiger partial charge in [0.1, 0.15) is 11.6 Å². The van der Waals surface area contributed by atoms with E-state index in [9.17, 15) is 14.4 Å². The monoisotopic (exact) mass is 798 g/mol. The van der Waals surface area contributed by atoms with Crippen LogP contribution in [0.25, 0.3) is 33.5 Å². The summed E-state index contributed by atoms with van der Waals surface area (Å²) in [5, 5.41) is 20.7. The average molecular weight is 799 g/mol. The van der Waals surface area contributed by atoms with Crippen molar-refractivity contribution in [3.63, 3.8) is 0 Å². The van der Waals surface area contributed by atoms with Crippen LogP contribution in [0, 0.1) is 0 Å². The number of nitrogens with one attached hydrogen (secondary N) is 3. The highest BCUT2D eigenvalue weighted by molar-refractivity contribution is 6.05. The van der Waals surface area contributed by atoms with Crippen LogP contribution >= 0.6 is 0 Å². The lowest BCUT2D eigenvalue weighted by atomic mass is 9.97. The van der Waals surface area contributed by atoms with Gasteiger partial charge in [-0.05, 0) is 72.7 Å². The highest BCUT2D eigenvalue weighted by atomic mass is 16.5. The van der Waals surface area contributed by atoms with Gasteiger partial charge in [-0.25, -0.2) is 0 Å². The molecule has 4 aromatic carbocycles. The zero-order valence-electron chi connectivity index (χ0n) is 34.2. The van der Waals surface area contributed by atoms with Crippen LogP contribution in [0.2, 0.25) is 0 Å². The Morgan fingerprint density at radius 3 is 2.08 bits per heavy atom. The van der Waals surface area contributed by atoms with Crippen molar-refractivity contribution in [2.45, 2.75) is 91.2 Å². The number of carbonyl (C=O) groups excluding carboxylic acids is 3. The third kappa shape index (κ3) is 11.2. The normalized spacial score (nSPS) is 11.6. The number of ether oxygens (including phenoxy) is 2. The number of unbranched alkanes of at least 4 members (excludes halogenated alkanes) is 6. The van der Waals surface area contributed by atoms with E-state index in [1.807, 2.05) is 72.2 Å². The second kappa shape index (κ2) is 21.4. The number of fused-ring (bicyclic) bond motifs is 1. The average Bonchev–Trinajstić information content (AvgIpc) is 3.92. The molecule has 1 unspecified atom stereocenters. The first-order valence-electron chi connectivity index (χ1n) is 20.7. The van der Waals surface area contributed by atoms with Gasteiger partial charge in [-0.1, -0.05) is 112 Å². The van der Waals surface area contributed by atoms with Crippen molar-refractivity contribution in [1.82, 2.24) is 40.8 Å². The second-order valence-electron chi connectivity index (χ2n) is 14.5. The van der Waals surface area contributed by atoms with E-state index in [0.717, 1.165) is 84.7 Å². The van der Waals surface area contributed by atoms with Crippen molar-refractivity contribution in [3.8, 4) is 28.5 Å². The predicted octanol–water partition coefficient (Wildman–Crippen LogP) is 8.63. The van der Waals surface area contributed by atoms with Crippen molar-refractivity contribution in [1.29, 1.82) is 0 Å². The van der Waals surface area contributed by atoms with Gasteiger partial charge < -0.3 is 20.1 Å². The molecule has 2 amide bonds. The number of amides is 2. The predicted molar refractivity (Wildman–Crippen MR) is 228 cm³/mol. The number of hydrogen-bond donors (Lipinski definition) is 3. The van der Waals surface area contributed by atoms with Crippen molar-refractivity contribution < 1.29 is 23.9 Å². The topological polar surface area (TPSA) is 166 Å². The van der Waals surface area contributed by atoms with Crippen LogP contribution in [0.15, 0.2) is 91.0 Å². The van der Waals surface area contributed by atoms with Gasteiger partial charge in [0.05, 0.1) is 24.2 Å². The molecular formula is C46H54N8O5. The number of esters is 1. The highest BCUT2D eigenvalue weighted by Gasteiger charge is 2.22. The summed E-state index contributed by atoms with van der Waals surface area (Å²) in [5.74, 6) is -0.112. The molecule has 0 saturated heterocycles. The van der Waals surface area contributed by atoms with Gasteiger partial charge in [0, 0.05) is 36.7 Å². The Kier molecular flexibility index (Phi) is 15.3. The molecule has 1 atom stereocenters. The third-order valence-corrected chi connectivity index (χ3v) is 10.2. The van der Waals surface area contributed by atoms with Gasteiger partial charge in [0.2, 0.25) is 5.82 Å². The molecule has 13 nitrogen and oxygen atoms in total. The number of para-hydroxylation sites is 1. The summed E-state index contributed by atoms with van der Waals surface area (Å²) >= 11 is 0. The fourth-order valence-corrected chi connectivity index (χ4v) is 7.28. The molecule has 2 heterocycles. The molecule has 0 radical (unpaired) electrons. The van der Waals surface area contributed by atoms with Crippen LogP contribution in [0.3, 0.4) is 0 Å². The van der Waals surface area contributed by atoms with Gasteiger partial charge in [-0.15, -0.1) is 10.2 Å². The Labute approximate surface area is 345 Å². The Morgan fingerprint density at radius 1 is 0.746 bits per heavy atom. The molecule has 2 aromatic heterocycles. The van der Waals surface area contributed by atoms with Crippen LogP contribution in [0.1, 0.15) is 117 Å². The minimum absolute atomic E-state index is 0.145. The fraction of sp³-hybridized carbons (Fsp3) is 0.370. The van der Waals surface area contributed by atoms with Crippen LogP contribution in [0.4, 0.5) is 0 Å². The first-order valence-corrected chi connectivity index (χ1v) is 20.7. The van der Waals surface area contributed by atoms with E-state index in [2.05, 4.69) is 62.4 Å². The van der Waals surface area contributed by atoms with Gasteiger partial charge in [-0.3, -0.25) is 19.0 Å². The van der Waals surface area contributed by atoms with Crippen molar-refractivity contribution in [2.75, 3.05) is 19.7 Å². The quantitative estimate of drug-likeness (QED) is 0.0450. The second-order valence-corrected chi connectivity index (χ2v) is 14.5. The maximum Gasteiger partial charge on any atom is 0.303 e. The summed E-state index contributed by atoms with van der Waals surface area (Å²) in [6.07, 6.45) is 7.93. The zero-order valence-corrected chi connectivity index (χ0v) is 34.2. The SMILES string of the molecule is CCCCC(OC(C)=O)c1ccccc1C(=O)NCCCCCCCCNC(=O)c1cccc2c1nc(OCC)n2Cc1ccc(-c2ccccc2-c2nn[nH]n2)cc1. The Balaban J connectivity index is 0.957. The minimum atomic E-state index is -0.429. The van der Waals surface area contributed by atoms with Crippen LogP contribution in [0.5, 0.6) is 6.01 Å². The van der Waals surface area contributed by atoms with E-state index in [4.69, 9.17) is 14.5 Å². The summed E-state index contributed by atoms with van der Waals surface area (Å²) in [5.41, 5.74) is 7.24. The molecule has 6 rings (SSSR count). The number of rotatable bonds is 22. The molecule has 59 heavy (non-hydrogen) atoms. The highest BCUT2D eigenvalue weighted by Crippen LogP contribution is 2.31. The number of aromatic nitrogens is 6. The Morgan fingerprint density at radius 2 is 1.41 bits per heavy atom. The maximum atomic E-state index is 13.4. The first-order chi connectivity index (χ1) is 28.9.